The van der Waals surface area contributed by atoms with Crippen molar-refractivity contribution in [1.29, 1.82) is 0 Å². The maximum atomic E-state index is 11.8. The molecule has 0 saturated carbocycles. The van der Waals surface area contributed by atoms with Gasteiger partial charge in [-0.2, -0.15) is 4.99 Å². The lowest BCUT2D eigenvalue weighted by atomic mass is 10.2. The van der Waals surface area contributed by atoms with E-state index in [1.807, 2.05) is 6.07 Å². The van der Waals surface area contributed by atoms with Crippen molar-refractivity contribution in [1.82, 2.24) is 0 Å². The molecule has 0 aliphatic heterocycles. The van der Waals surface area contributed by atoms with E-state index in [1.165, 1.54) is 12.1 Å². The van der Waals surface area contributed by atoms with Crippen molar-refractivity contribution in [2.45, 2.75) is 0 Å². The number of carbonyl (C=O) groups is 1. The van der Waals surface area contributed by atoms with Crippen molar-refractivity contribution in [3.63, 3.8) is 0 Å². The van der Waals surface area contributed by atoms with Crippen LogP contribution in [0.25, 0.3) is 0 Å². The average molecular weight is 239 g/mol. The molecule has 0 aromatic heterocycles. The number of nitrogens with zero attached hydrogens (tertiary/aromatic N) is 1. The monoisotopic (exact) mass is 239 g/mol. The molecule has 2 rings (SSSR count). The van der Waals surface area contributed by atoms with Crippen LogP contribution in [0, 0.1) is 0 Å². The number of aliphatic imine (C=N–C) groups is 1. The van der Waals surface area contributed by atoms with Crippen LogP contribution in [0.2, 0.25) is 0 Å². The SMILES string of the molecule is O=C=Nc1cccc(OC(=O)c2ccccc2)c1. The van der Waals surface area contributed by atoms with Crippen LogP contribution < -0.4 is 4.74 Å². The Morgan fingerprint density at radius 1 is 1.06 bits per heavy atom. The minimum absolute atomic E-state index is 0.334. The Hall–Kier alpha value is -2.71. The molecule has 0 aliphatic rings. The topological polar surface area (TPSA) is 55.7 Å². The van der Waals surface area contributed by atoms with E-state index in [0.29, 0.717) is 17.0 Å². The molecule has 18 heavy (non-hydrogen) atoms. The molecule has 0 spiro atoms. The number of esters is 1. The van der Waals surface area contributed by atoms with Gasteiger partial charge in [0.25, 0.3) is 0 Å². The Morgan fingerprint density at radius 3 is 2.56 bits per heavy atom. The summed E-state index contributed by atoms with van der Waals surface area (Å²) in [6, 6.07) is 15.0. The van der Waals surface area contributed by atoms with E-state index in [1.54, 1.807) is 42.5 Å². The molecule has 0 amide bonds. The largest absolute Gasteiger partial charge is 0.423 e. The molecule has 0 unspecified atom stereocenters. The second kappa shape index (κ2) is 5.57. The van der Waals surface area contributed by atoms with Crippen LogP contribution in [-0.2, 0) is 4.79 Å². The van der Waals surface area contributed by atoms with Crippen LogP contribution in [-0.4, -0.2) is 12.0 Å². The van der Waals surface area contributed by atoms with E-state index in [2.05, 4.69) is 4.99 Å². The summed E-state index contributed by atoms with van der Waals surface area (Å²) < 4.78 is 5.16. The zero-order valence-electron chi connectivity index (χ0n) is 9.37. The Labute approximate surface area is 104 Å². The van der Waals surface area contributed by atoms with Crippen molar-refractivity contribution in [3.8, 4) is 5.75 Å². The van der Waals surface area contributed by atoms with Gasteiger partial charge in [-0.25, -0.2) is 9.59 Å². The molecule has 4 heteroatoms. The summed E-state index contributed by atoms with van der Waals surface area (Å²) >= 11 is 0. The molecule has 0 heterocycles. The van der Waals surface area contributed by atoms with Crippen molar-refractivity contribution < 1.29 is 14.3 Å². The van der Waals surface area contributed by atoms with E-state index < -0.39 is 5.97 Å². The second-order valence-electron chi connectivity index (χ2n) is 3.46. The van der Waals surface area contributed by atoms with Gasteiger partial charge < -0.3 is 4.74 Å². The summed E-state index contributed by atoms with van der Waals surface area (Å²) in [6.45, 7) is 0. The minimum atomic E-state index is -0.456. The molecule has 0 N–H and O–H groups in total. The molecule has 4 nitrogen and oxygen atoms in total. The first-order chi connectivity index (χ1) is 8.79. The van der Waals surface area contributed by atoms with E-state index in [0.717, 1.165) is 0 Å². The standard InChI is InChI=1S/C14H9NO3/c16-10-15-12-7-4-8-13(9-12)18-14(17)11-5-2-1-3-6-11/h1-9H. The van der Waals surface area contributed by atoms with E-state index >= 15 is 0 Å². The van der Waals surface area contributed by atoms with Gasteiger partial charge in [-0.15, -0.1) is 0 Å². The van der Waals surface area contributed by atoms with Gasteiger partial charge in [0.15, 0.2) is 0 Å². The van der Waals surface area contributed by atoms with E-state index in [4.69, 9.17) is 4.74 Å². The molecule has 0 fully saturated rings. The molecule has 2 aromatic carbocycles. The van der Waals surface area contributed by atoms with Gasteiger partial charge in [0.05, 0.1) is 11.3 Å². The van der Waals surface area contributed by atoms with Gasteiger partial charge in [0.1, 0.15) is 5.75 Å². The number of benzene rings is 2. The first kappa shape index (κ1) is 11.8. The summed E-state index contributed by atoms with van der Waals surface area (Å²) in [5.41, 5.74) is 0.852. The van der Waals surface area contributed by atoms with Crippen molar-refractivity contribution >= 4 is 17.7 Å². The third-order valence-corrected chi connectivity index (χ3v) is 2.21. The predicted molar refractivity (Wildman–Crippen MR) is 65.6 cm³/mol. The van der Waals surface area contributed by atoms with Crippen molar-refractivity contribution in [2.24, 2.45) is 4.99 Å². The highest BCUT2D eigenvalue weighted by molar-refractivity contribution is 5.91. The summed E-state index contributed by atoms with van der Waals surface area (Å²) in [4.78, 5) is 25.3. The van der Waals surface area contributed by atoms with E-state index in [-0.39, 0.29) is 0 Å². The third-order valence-electron chi connectivity index (χ3n) is 2.21. The normalized spacial score (nSPS) is 9.33. The van der Waals surface area contributed by atoms with Gasteiger partial charge in [-0.05, 0) is 24.3 Å². The summed E-state index contributed by atoms with van der Waals surface area (Å²) in [7, 11) is 0. The maximum absolute atomic E-state index is 11.8. The first-order valence-electron chi connectivity index (χ1n) is 5.25. The average Bonchev–Trinajstić information content (AvgIpc) is 2.40. The fourth-order valence-electron chi connectivity index (χ4n) is 1.41. The highest BCUT2D eigenvalue weighted by atomic mass is 16.5. The van der Waals surface area contributed by atoms with Crippen LogP contribution in [0.4, 0.5) is 5.69 Å². The summed E-state index contributed by atoms with van der Waals surface area (Å²) in [5.74, 6) is -0.122. The Kier molecular flexibility index (Phi) is 3.64. The smallest absolute Gasteiger partial charge is 0.343 e. The highest BCUT2D eigenvalue weighted by Gasteiger charge is 2.07. The third kappa shape index (κ3) is 2.90. The summed E-state index contributed by atoms with van der Waals surface area (Å²) in [5, 5.41) is 0. The number of hydrogen-bond donors (Lipinski definition) is 0. The Morgan fingerprint density at radius 2 is 1.83 bits per heavy atom. The number of hydrogen-bond acceptors (Lipinski definition) is 4. The summed E-state index contributed by atoms with van der Waals surface area (Å²) in [6.07, 6.45) is 1.43. The van der Waals surface area contributed by atoms with Gasteiger partial charge in [0.2, 0.25) is 6.08 Å². The Balaban J connectivity index is 2.17. The molecule has 0 saturated heterocycles. The highest BCUT2D eigenvalue weighted by Crippen LogP contribution is 2.20. The minimum Gasteiger partial charge on any atom is -0.423 e. The van der Waals surface area contributed by atoms with E-state index in [9.17, 15) is 9.59 Å². The second-order valence-corrected chi connectivity index (χ2v) is 3.46. The number of carbonyl (C=O) groups excluding carboxylic acids is 2. The van der Waals surface area contributed by atoms with Gasteiger partial charge in [-0.1, -0.05) is 24.3 Å². The van der Waals surface area contributed by atoms with Gasteiger partial charge in [-0.3, -0.25) is 0 Å². The van der Waals surface area contributed by atoms with Gasteiger partial charge >= 0.3 is 5.97 Å². The Bertz CT molecular complexity index is 601. The van der Waals surface area contributed by atoms with Crippen LogP contribution in [0.5, 0.6) is 5.75 Å². The molecule has 0 atom stereocenters. The first-order valence-corrected chi connectivity index (χ1v) is 5.25. The van der Waals surface area contributed by atoms with Crippen LogP contribution in [0.15, 0.2) is 59.6 Å². The molecular formula is C14H9NO3. The predicted octanol–water partition coefficient (Wildman–Crippen LogP) is 2.87. The fraction of sp³-hybridized carbons (Fsp3) is 0. The lowest BCUT2D eigenvalue weighted by Gasteiger charge is -2.04. The molecule has 0 aliphatic carbocycles. The lowest BCUT2D eigenvalue weighted by molar-refractivity contribution is 0.0735. The molecule has 2 aromatic rings. The molecular weight excluding hydrogens is 230 g/mol. The molecule has 0 radical (unpaired) electrons. The molecule has 0 bridgehead atoms. The molecule has 88 valence electrons. The number of isocyanates is 1. The van der Waals surface area contributed by atoms with Crippen molar-refractivity contribution in [2.75, 3.05) is 0 Å². The maximum Gasteiger partial charge on any atom is 0.343 e. The quantitative estimate of drug-likeness (QED) is 0.358. The van der Waals surface area contributed by atoms with Gasteiger partial charge in [0, 0.05) is 6.07 Å². The zero-order chi connectivity index (χ0) is 12.8. The number of rotatable bonds is 3. The van der Waals surface area contributed by atoms with Crippen LogP contribution in [0.3, 0.4) is 0 Å². The fourth-order valence-corrected chi connectivity index (χ4v) is 1.41. The lowest BCUT2D eigenvalue weighted by Crippen LogP contribution is -2.07. The zero-order valence-corrected chi connectivity index (χ0v) is 9.37. The van der Waals surface area contributed by atoms with Crippen molar-refractivity contribution in [3.05, 3.63) is 60.2 Å². The van der Waals surface area contributed by atoms with Crippen LogP contribution >= 0.6 is 0 Å². The van der Waals surface area contributed by atoms with Crippen LogP contribution in [0.1, 0.15) is 10.4 Å². The number of ether oxygens (including phenoxy) is 1.